The molecule has 0 unspecified atom stereocenters. The molecule has 0 atom stereocenters. The fourth-order valence-corrected chi connectivity index (χ4v) is 1.80. The highest BCUT2D eigenvalue weighted by atomic mass is 79.9. The van der Waals surface area contributed by atoms with E-state index < -0.39 is 0 Å². The smallest absolute Gasteiger partial charge is 0.138 e. The molecular weight excluding hydrogens is 254 g/mol. The van der Waals surface area contributed by atoms with Gasteiger partial charge in [-0.3, -0.25) is 4.98 Å². The van der Waals surface area contributed by atoms with Gasteiger partial charge in [0.15, 0.2) is 0 Å². The number of aromatic nitrogens is 1. The van der Waals surface area contributed by atoms with Crippen LogP contribution in [0.1, 0.15) is 5.69 Å². The molecule has 2 aromatic rings. The number of alkyl halides is 1. The van der Waals surface area contributed by atoms with Crippen molar-refractivity contribution in [2.24, 2.45) is 0 Å². The second-order valence-electron chi connectivity index (χ2n) is 3.19. The van der Waals surface area contributed by atoms with Crippen molar-refractivity contribution in [1.29, 1.82) is 0 Å². The lowest BCUT2D eigenvalue weighted by Gasteiger charge is -2.04. The van der Waals surface area contributed by atoms with Crippen LogP contribution in [0.3, 0.4) is 0 Å². The van der Waals surface area contributed by atoms with E-state index in [0.29, 0.717) is 11.0 Å². The predicted molar refractivity (Wildman–Crippen MR) is 64.0 cm³/mol. The number of halogens is 1. The van der Waals surface area contributed by atoms with E-state index >= 15 is 0 Å². The van der Waals surface area contributed by atoms with Crippen molar-refractivity contribution in [2.45, 2.75) is 5.33 Å². The molecule has 76 valence electrons. The van der Waals surface area contributed by atoms with Gasteiger partial charge in [0, 0.05) is 17.1 Å². The van der Waals surface area contributed by atoms with Crippen LogP contribution in [-0.2, 0) is 5.33 Å². The van der Waals surface area contributed by atoms with E-state index in [-0.39, 0.29) is 5.75 Å². The molecule has 2 rings (SSSR count). The summed E-state index contributed by atoms with van der Waals surface area (Å²) in [6, 6.07) is 11.6. The maximum atomic E-state index is 9.66. The molecule has 0 bridgehead atoms. The van der Waals surface area contributed by atoms with Crippen LogP contribution in [0.15, 0.2) is 42.6 Å². The third kappa shape index (κ3) is 2.18. The van der Waals surface area contributed by atoms with Gasteiger partial charge in [-0.1, -0.05) is 46.3 Å². The van der Waals surface area contributed by atoms with Crippen LogP contribution in [0, 0.1) is 0 Å². The van der Waals surface area contributed by atoms with Crippen molar-refractivity contribution in [1.82, 2.24) is 4.98 Å². The third-order valence-corrected chi connectivity index (χ3v) is 2.71. The summed E-state index contributed by atoms with van der Waals surface area (Å²) in [4.78, 5) is 4.18. The molecule has 1 N–H and O–H groups in total. The molecule has 2 nitrogen and oxygen atoms in total. The Balaban J connectivity index is 2.43. The number of pyridine rings is 1. The lowest BCUT2D eigenvalue weighted by Crippen LogP contribution is -1.87. The maximum absolute atomic E-state index is 9.66. The molecule has 0 amide bonds. The number of aromatic hydroxyl groups is 1. The largest absolute Gasteiger partial charge is 0.506 e. The van der Waals surface area contributed by atoms with E-state index in [1.165, 1.54) is 0 Å². The molecule has 0 saturated heterocycles. The topological polar surface area (TPSA) is 33.1 Å². The molecule has 3 heteroatoms. The summed E-state index contributed by atoms with van der Waals surface area (Å²) < 4.78 is 0. The second-order valence-corrected chi connectivity index (χ2v) is 3.75. The van der Waals surface area contributed by atoms with Gasteiger partial charge in [0.25, 0.3) is 0 Å². The first-order valence-electron chi connectivity index (χ1n) is 4.60. The van der Waals surface area contributed by atoms with Crippen molar-refractivity contribution in [2.75, 3.05) is 0 Å². The normalized spacial score (nSPS) is 10.2. The average Bonchev–Trinajstić information content (AvgIpc) is 2.30. The first-order valence-corrected chi connectivity index (χ1v) is 5.72. The van der Waals surface area contributed by atoms with Crippen LogP contribution in [0.2, 0.25) is 0 Å². The van der Waals surface area contributed by atoms with Crippen molar-refractivity contribution in [3.63, 3.8) is 0 Å². The van der Waals surface area contributed by atoms with Crippen LogP contribution in [0.5, 0.6) is 5.75 Å². The van der Waals surface area contributed by atoms with Crippen molar-refractivity contribution >= 4 is 15.9 Å². The molecule has 0 aliphatic heterocycles. The quantitative estimate of drug-likeness (QED) is 0.844. The molecule has 0 radical (unpaired) electrons. The first kappa shape index (κ1) is 10.2. The van der Waals surface area contributed by atoms with E-state index in [0.717, 1.165) is 11.1 Å². The van der Waals surface area contributed by atoms with E-state index in [1.54, 1.807) is 12.3 Å². The zero-order valence-corrected chi connectivity index (χ0v) is 9.61. The van der Waals surface area contributed by atoms with E-state index in [4.69, 9.17) is 0 Å². The van der Waals surface area contributed by atoms with Crippen molar-refractivity contribution in [3.8, 4) is 16.9 Å². The Bertz CT molecular complexity index is 456. The van der Waals surface area contributed by atoms with Gasteiger partial charge < -0.3 is 5.11 Å². The molecule has 0 spiro atoms. The minimum atomic E-state index is 0.230. The van der Waals surface area contributed by atoms with Crippen LogP contribution in [0.4, 0.5) is 0 Å². The monoisotopic (exact) mass is 263 g/mol. The molecule has 0 fully saturated rings. The van der Waals surface area contributed by atoms with Gasteiger partial charge >= 0.3 is 0 Å². The maximum Gasteiger partial charge on any atom is 0.138 e. The fraction of sp³-hybridized carbons (Fsp3) is 0.0833. The Kier molecular flexibility index (Phi) is 3.02. The Morgan fingerprint density at radius 2 is 1.87 bits per heavy atom. The summed E-state index contributed by atoms with van der Waals surface area (Å²) >= 11 is 3.27. The molecule has 0 saturated carbocycles. The summed E-state index contributed by atoms with van der Waals surface area (Å²) in [5.74, 6) is 0.230. The van der Waals surface area contributed by atoms with Crippen molar-refractivity contribution in [3.05, 3.63) is 48.3 Å². The standard InChI is InChI=1S/C12H10BrNO/c13-7-11-12(15)6-10(8-14-11)9-4-2-1-3-5-9/h1-6,8,15H,7H2. The lowest BCUT2D eigenvalue weighted by atomic mass is 10.1. The van der Waals surface area contributed by atoms with Gasteiger partial charge in [-0.05, 0) is 11.6 Å². The molecule has 1 aromatic carbocycles. The minimum Gasteiger partial charge on any atom is -0.506 e. The highest BCUT2D eigenvalue weighted by Gasteiger charge is 2.03. The lowest BCUT2D eigenvalue weighted by molar-refractivity contribution is 0.467. The molecule has 0 aliphatic carbocycles. The molecule has 1 heterocycles. The summed E-state index contributed by atoms with van der Waals surface area (Å²) in [5, 5.41) is 10.2. The van der Waals surface area contributed by atoms with Crippen LogP contribution < -0.4 is 0 Å². The highest BCUT2D eigenvalue weighted by Crippen LogP contribution is 2.25. The predicted octanol–water partition coefficient (Wildman–Crippen LogP) is 3.35. The zero-order chi connectivity index (χ0) is 10.7. The van der Waals surface area contributed by atoms with Gasteiger partial charge in [-0.25, -0.2) is 0 Å². The number of hydrogen-bond acceptors (Lipinski definition) is 2. The summed E-state index contributed by atoms with van der Waals surface area (Å²) in [5.41, 5.74) is 2.65. The summed E-state index contributed by atoms with van der Waals surface area (Å²) in [6.07, 6.45) is 1.77. The molecular formula is C12H10BrNO. The average molecular weight is 264 g/mol. The fourth-order valence-electron chi connectivity index (χ4n) is 1.37. The van der Waals surface area contributed by atoms with Gasteiger partial charge in [0.05, 0.1) is 5.69 Å². The summed E-state index contributed by atoms with van der Waals surface area (Å²) in [7, 11) is 0. The van der Waals surface area contributed by atoms with Crippen molar-refractivity contribution < 1.29 is 5.11 Å². The Hall–Kier alpha value is -1.35. The first-order chi connectivity index (χ1) is 7.31. The summed E-state index contributed by atoms with van der Waals surface area (Å²) in [6.45, 7) is 0. The molecule has 0 aliphatic rings. The minimum absolute atomic E-state index is 0.230. The second kappa shape index (κ2) is 4.45. The number of hydrogen-bond donors (Lipinski definition) is 1. The third-order valence-electron chi connectivity index (χ3n) is 2.18. The Morgan fingerprint density at radius 1 is 1.13 bits per heavy atom. The van der Waals surface area contributed by atoms with E-state index in [9.17, 15) is 5.11 Å². The van der Waals surface area contributed by atoms with Gasteiger partial charge in [-0.2, -0.15) is 0 Å². The SMILES string of the molecule is Oc1cc(-c2ccccc2)cnc1CBr. The van der Waals surface area contributed by atoms with Crippen LogP contribution in [-0.4, -0.2) is 10.1 Å². The Morgan fingerprint density at radius 3 is 2.47 bits per heavy atom. The van der Waals surface area contributed by atoms with Gasteiger partial charge in [-0.15, -0.1) is 0 Å². The molecule has 15 heavy (non-hydrogen) atoms. The van der Waals surface area contributed by atoms with Gasteiger partial charge in [0.1, 0.15) is 5.75 Å². The van der Waals surface area contributed by atoms with E-state index in [1.807, 2.05) is 30.3 Å². The Labute approximate surface area is 96.7 Å². The molecule has 1 aromatic heterocycles. The van der Waals surface area contributed by atoms with Crippen LogP contribution >= 0.6 is 15.9 Å². The number of nitrogens with zero attached hydrogens (tertiary/aromatic N) is 1. The highest BCUT2D eigenvalue weighted by molar-refractivity contribution is 9.08. The van der Waals surface area contributed by atoms with Crippen LogP contribution in [0.25, 0.3) is 11.1 Å². The zero-order valence-electron chi connectivity index (χ0n) is 8.02. The number of benzene rings is 1. The number of rotatable bonds is 2. The van der Waals surface area contributed by atoms with E-state index in [2.05, 4.69) is 20.9 Å². The van der Waals surface area contributed by atoms with Gasteiger partial charge in [0.2, 0.25) is 0 Å².